The molecule has 1 aromatic carbocycles. The summed E-state index contributed by atoms with van der Waals surface area (Å²) in [4.78, 5) is 12.6. The van der Waals surface area contributed by atoms with E-state index >= 15 is 0 Å². The van der Waals surface area contributed by atoms with Crippen LogP contribution in [-0.2, 0) is 19.9 Å². The lowest BCUT2D eigenvalue weighted by atomic mass is 9.86. The number of phenolic OH excluding ortho intramolecular Hbond substituents is 1. The molecule has 1 aliphatic heterocycles. The monoisotopic (exact) mass is 327 g/mol. The molecule has 2 aromatic rings. The third-order valence-corrected chi connectivity index (χ3v) is 4.97. The van der Waals surface area contributed by atoms with Gasteiger partial charge < -0.3 is 15.7 Å². The molecule has 1 saturated heterocycles. The number of aryl methyl sites for hydroxylation is 1. The normalized spacial score (nSPS) is 19.5. The third-order valence-electron chi connectivity index (χ3n) is 4.97. The van der Waals surface area contributed by atoms with Crippen molar-refractivity contribution in [2.45, 2.75) is 31.7 Å². The maximum atomic E-state index is 12.6. The first-order chi connectivity index (χ1) is 11.6. The summed E-state index contributed by atoms with van der Waals surface area (Å²) in [5, 5.41) is 25.2. The van der Waals surface area contributed by atoms with Crippen molar-refractivity contribution in [1.82, 2.24) is 20.1 Å². The maximum Gasteiger partial charge on any atom is 0.296 e. The minimum atomic E-state index is -0.229. The second kappa shape index (κ2) is 5.90. The number of nitrogens with zero attached hydrogens (tertiary/aromatic N) is 3. The van der Waals surface area contributed by atoms with Gasteiger partial charge in [0.05, 0.1) is 5.56 Å². The summed E-state index contributed by atoms with van der Waals surface area (Å²) in [5.41, 5.74) is 2.45. The molecule has 0 radical (unpaired) electrons. The molecular weight excluding hydrogens is 306 g/mol. The molecular formula is C17H21N5O2. The molecule has 1 atom stereocenters. The van der Waals surface area contributed by atoms with Gasteiger partial charge in [-0.1, -0.05) is 6.07 Å². The number of benzene rings is 1. The Morgan fingerprint density at radius 1 is 1.33 bits per heavy atom. The topological polar surface area (TPSA) is 92.1 Å². The Morgan fingerprint density at radius 3 is 2.92 bits per heavy atom. The smallest absolute Gasteiger partial charge is 0.296 e. The van der Waals surface area contributed by atoms with Crippen LogP contribution < -0.4 is 16.2 Å². The van der Waals surface area contributed by atoms with Crippen LogP contribution in [0.5, 0.6) is 5.75 Å². The molecule has 0 bridgehead atoms. The maximum absolute atomic E-state index is 12.6. The van der Waals surface area contributed by atoms with E-state index in [1.54, 1.807) is 7.05 Å². The van der Waals surface area contributed by atoms with Crippen molar-refractivity contribution < 1.29 is 5.11 Å². The molecule has 2 heterocycles. The minimum Gasteiger partial charge on any atom is -0.507 e. The van der Waals surface area contributed by atoms with E-state index in [1.165, 1.54) is 4.57 Å². The van der Waals surface area contributed by atoms with Gasteiger partial charge in [-0.25, -0.2) is 0 Å². The number of phenols is 1. The number of hydrogen-bond acceptors (Lipinski definition) is 6. The first-order valence-corrected chi connectivity index (χ1v) is 8.40. The second-order valence-corrected chi connectivity index (χ2v) is 6.52. The summed E-state index contributed by atoms with van der Waals surface area (Å²) >= 11 is 0. The quantitative estimate of drug-likeness (QED) is 0.773. The first-order valence-electron chi connectivity index (χ1n) is 8.40. The van der Waals surface area contributed by atoms with Gasteiger partial charge >= 0.3 is 0 Å². The molecule has 0 saturated carbocycles. The second-order valence-electron chi connectivity index (χ2n) is 6.52. The number of rotatable bonds is 3. The third kappa shape index (κ3) is 2.45. The number of piperidine rings is 1. The van der Waals surface area contributed by atoms with Crippen molar-refractivity contribution in [2.75, 3.05) is 18.4 Å². The summed E-state index contributed by atoms with van der Waals surface area (Å²) in [5.74, 6) is 0.873. The predicted octanol–water partition coefficient (Wildman–Crippen LogP) is 0.810. The first kappa shape index (κ1) is 15.1. The molecule has 0 unspecified atom stereocenters. The van der Waals surface area contributed by atoms with Crippen LogP contribution in [0.2, 0.25) is 0 Å². The molecule has 1 aromatic heterocycles. The van der Waals surface area contributed by atoms with E-state index in [1.807, 2.05) is 12.1 Å². The molecule has 4 rings (SSSR count). The van der Waals surface area contributed by atoms with Gasteiger partial charge in [0, 0.05) is 19.6 Å². The number of aromatic hydroxyl groups is 1. The average molecular weight is 327 g/mol. The van der Waals surface area contributed by atoms with E-state index in [2.05, 4.69) is 20.8 Å². The highest BCUT2D eigenvalue weighted by atomic mass is 16.3. The fourth-order valence-electron chi connectivity index (χ4n) is 3.41. The Kier molecular flexibility index (Phi) is 3.72. The number of fused-ring (bicyclic) bond motifs is 1. The van der Waals surface area contributed by atoms with Crippen molar-refractivity contribution in [3.05, 3.63) is 33.6 Å². The van der Waals surface area contributed by atoms with Crippen LogP contribution in [0.15, 0.2) is 16.9 Å². The minimum absolute atomic E-state index is 0.191. The van der Waals surface area contributed by atoms with E-state index in [-0.39, 0.29) is 23.2 Å². The van der Waals surface area contributed by atoms with E-state index in [4.69, 9.17) is 0 Å². The van der Waals surface area contributed by atoms with Gasteiger partial charge in [0.1, 0.15) is 5.75 Å². The molecule has 1 aliphatic carbocycles. The highest BCUT2D eigenvalue weighted by Gasteiger charge is 2.23. The van der Waals surface area contributed by atoms with Crippen LogP contribution in [0.4, 0.5) is 5.82 Å². The zero-order chi connectivity index (χ0) is 16.7. The van der Waals surface area contributed by atoms with E-state index in [9.17, 15) is 9.90 Å². The standard InChI is InChI=1S/C17H21N5O2/c1-22-16(13-7-5-10-4-6-12(10)14(13)23)21-20-15(17(22)24)19-11-3-2-8-18-9-11/h5,7,11,18,23H,2-4,6,8-9H2,1H3,(H,19,20)/t11-/m1/s1. The number of nitrogens with one attached hydrogen (secondary N) is 2. The molecule has 0 spiro atoms. The van der Waals surface area contributed by atoms with Crippen LogP contribution in [0.3, 0.4) is 0 Å². The van der Waals surface area contributed by atoms with Crippen molar-refractivity contribution >= 4 is 5.82 Å². The Labute approximate surface area is 139 Å². The van der Waals surface area contributed by atoms with Gasteiger partial charge in [-0.15, -0.1) is 10.2 Å². The highest BCUT2D eigenvalue weighted by Crippen LogP contribution is 2.38. The SMILES string of the molecule is Cn1c(-c2ccc3c(c2O)CC3)nnc(N[C@@H]2CCCNC2)c1=O. The molecule has 126 valence electrons. The molecule has 0 amide bonds. The fourth-order valence-corrected chi connectivity index (χ4v) is 3.41. The Morgan fingerprint density at radius 2 is 2.21 bits per heavy atom. The van der Waals surface area contributed by atoms with Gasteiger partial charge in [0.15, 0.2) is 5.82 Å². The average Bonchev–Trinajstić information content (AvgIpc) is 2.56. The van der Waals surface area contributed by atoms with Crippen LogP contribution in [0, 0.1) is 0 Å². The predicted molar refractivity (Wildman–Crippen MR) is 91.3 cm³/mol. The zero-order valence-electron chi connectivity index (χ0n) is 13.7. The van der Waals surface area contributed by atoms with Crippen molar-refractivity contribution in [3.63, 3.8) is 0 Å². The summed E-state index contributed by atoms with van der Waals surface area (Å²) in [6.07, 6.45) is 3.94. The van der Waals surface area contributed by atoms with Crippen LogP contribution in [0.25, 0.3) is 11.4 Å². The van der Waals surface area contributed by atoms with Crippen molar-refractivity contribution in [1.29, 1.82) is 0 Å². The lowest BCUT2D eigenvalue weighted by Gasteiger charge is -2.24. The molecule has 24 heavy (non-hydrogen) atoms. The van der Waals surface area contributed by atoms with Crippen LogP contribution in [-0.4, -0.2) is 39.0 Å². The lowest BCUT2D eigenvalue weighted by molar-refractivity contribution is 0.462. The summed E-state index contributed by atoms with van der Waals surface area (Å²) in [6, 6.07) is 3.99. The molecule has 1 fully saturated rings. The number of anilines is 1. The molecule has 7 nitrogen and oxygen atoms in total. The van der Waals surface area contributed by atoms with Crippen molar-refractivity contribution in [3.8, 4) is 17.1 Å². The van der Waals surface area contributed by atoms with Gasteiger partial charge in [-0.3, -0.25) is 9.36 Å². The Hall–Kier alpha value is -2.41. The van der Waals surface area contributed by atoms with E-state index < -0.39 is 0 Å². The summed E-state index contributed by atoms with van der Waals surface area (Å²) in [7, 11) is 1.66. The molecule has 3 N–H and O–H groups in total. The summed E-state index contributed by atoms with van der Waals surface area (Å²) in [6.45, 7) is 1.83. The fraction of sp³-hybridized carbons (Fsp3) is 0.471. The Bertz CT molecular complexity index is 840. The van der Waals surface area contributed by atoms with Crippen molar-refractivity contribution in [2.24, 2.45) is 7.05 Å². The molecule has 7 heteroatoms. The zero-order valence-corrected chi connectivity index (χ0v) is 13.7. The van der Waals surface area contributed by atoms with Gasteiger partial charge in [-0.05, 0) is 49.4 Å². The van der Waals surface area contributed by atoms with Gasteiger partial charge in [0.2, 0.25) is 5.82 Å². The van der Waals surface area contributed by atoms with E-state index in [0.717, 1.165) is 49.9 Å². The Balaban J connectivity index is 1.67. The lowest BCUT2D eigenvalue weighted by Crippen LogP contribution is -2.40. The largest absolute Gasteiger partial charge is 0.507 e. The number of aromatic nitrogens is 3. The van der Waals surface area contributed by atoms with Gasteiger partial charge in [-0.2, -0.15) is 0 Å². The van der Waals surface area contributed by atoms with Gasteiger partial charge in [0.25, 0.3) is 5.56 Å². The summed E-state index contributed by atoms with van der Waals surface area (Å²) < 4.78 is 1.45. The number of hydrogen-bond donors (Lipinski definition) is 3. The highest BCUT2D eigenvalue weighted by molar-refractivity contribution is 5.69. The van der Waals surface area contributed by atoms with Crippen LogP contribution in [0.1, 0.15) is 24.0 Å². The van der Waals surface area contributed by atoms with E-state index in [0.29, 0.717) is 11.4 Å². The molecule has 2 aliphatic rings. The van der Waals surface area contributed by atoms with Crippen LogP contribution >= 0.6 is 0 Å².